The topological polar surface area (TPSA) is 43.4 Å². The lowest BCUT2D eigenvalue weighted by Crippen LogP contribution is -2.17. The molecule has 3 nitrogen and oxygen atoms in total. The van der Waals surface area contributed by atoms with Crippen molar-refractivity contribution in [2.45, 2.75) is 44.4 Å². The lowest BCUT2D eigenvalue weighted by molar-refractivity contribution is -0.137. The predicted octanol–water partition coefficient (Wildman–Crippen LogP) is 5.01. The van der Waals surface area contributed by atoms with E-state index >= 15 is 0 Å². The van der Waals surface area contributed by atoms with Gasteiger partial charge < -0.3 is 0 Å². The molecular formula is C16H23F3O3SSi. The molecular weight excluding hydrogens is 357 g/mol. The Morgan fingerprint density at radius 3 is 2.33 bits per heavy atom. The summed E-state index contributed by atoms with van der Waals surface area (Å²) in [5, 5.41) is 0. The van der Waals surface area contributed by atoms with Crippen LogP contribution in [-0.2, 0) is 20.5 Å². The summed E-state index contributed by atoms with van der Waals surface area (Å²) < 4.78 is 66.4. The second-order valence-electron chi connectivity index (χ2n) is 6.88. The number of hydrogen-bond donors (Lipinski definition) is 0. The van der Waals surface area contributed by atoms with Gasteiger partial charge >= 0.3 is 6.18 Å². The third kappa shape index (κ3) is 8.12. The first-order valence-electron chi connectivity index (χ1n) is 7.48. The summed E-state index contributed by atoms with van der Waals surface area (Å²) >= 11 is 0. The smallest absolute Gasteiger partial charge is 0.262 e. The van der Waals surface area contributed by atoms with E-state index in [0.29, 0.717) is 0 Å². The zero-order valence-corrected chi connectivity index (χ0v) is 16.0. The molecule has 0 saturated carbocycles. The van der Waals surface area contributed by atoms with Gasteiger partial charge in [0.2, 0.25) is 0 Å². The third-order valence-electron chi connectivity index (χ3n) is 3.12. The molecule has 0 N–H and O–H groups in total. The van der Waals surface area contributed by atoms with Crippen molar-refractivity contribution in [1.29, 1.82) is 0 Å². The first-order valence-corrected chi connectivity index (χ1v) is 13.0. The molecule has 0 fully saturated rings. The molecule has 1 unspecified atom stereocenters. The van der Waals surface area contributed by atoms with Crippen molar-refractivity contribution in [3.05, 3.63) is 47.5 Å². The molecule has 24 heavy (non-hydrogen) atoms. The molecule has 0 heterocycles. The molecule has 8 heteroatoms. The van der Waals surface area contributed by atoms with E-state index in [4.69, 9.17) is 4.18 Å². The van der Waals surface area contributed by atoms with Gasteiger partial charge in [0.05, 0.1) is 11.8 Å². The molecule has 1 aromatic rings. The molecule has 0 aliphatic rings. The van der Waals surface area contributed by atoms with Crippen LogP contribution in [0.3, 0.4) is 0 Å². The number of hydrogen-bond acceptors (Lipinski definition) is 3. The second kappa shape index (κ2) is 7.84. The molecule has 1 aromatic carbocycles. The molecule has 0 aliphatic heterocycles. The van der Waals surface area contributed by atoms with E-state index < -0.39 is 36.0 Å². The van der Waals surface area contributed by atoms with E-state index in [1.54, 1.807) is 6.08 Å². The number of allylic oxidation sites excluding steroid dienone is 1. The van der Waals surface area contributed by atoms with E-state index in [1.807, 2.05) is 6.08 Å². The molecule has 0 radical (unpaired) electrons. The number of rotatable bonds is 7. The highest BCUT2D eigenvalue weighted by Crippen LogP contribution is 2.32. The van der Waals surface area contributed by atoms with E-state index in [1.165, 1.54) is 12.1 Å². The van der Waals surface area contributed by atoms with Gasteiger partial charge in [-0.1, -0.05) is 43.9 Å². The summed E-state index contributed by atoms with van der Waals surface area (Å²) in [5.74, 6) is 0. The average molecular weight is 381 g/mol. The minimum atomic E-state index is -4.49. The van der Waals surface area contributed by atoms with Crippen molar-refractivity contribution in [1.82, 2.24) is 0 Å². The van der Waals surface area contributed by atoms with E-state index in [2.05, 4.69) is 19.6 Å². The Bertz CT molecular complexity index is 677. The fraction of sp³-hybridized carbons (Fsp3) is 0.500. The van der Waals surface area contributed by atoms with Crippen molar-refractivity contribution in [2.24, 2.45) is 0 Å². The monoisotopic (exact) mass is 380 g/mol. The van der Waals surface area contributed by atoms with Gasteiger partial charge in [0.1, 0.15) is 6.10 Å². The number of alkyl halides is 3. The normalized spacial score (nSPS) is 15.0. The van der Waals surface area contributed by atoms with Crippen LogP contribution in [0.1, 0.15) is 23.7 Å². The highest BCUT2D eigenvalue weighted by molar-refractivity contribution is 7.86. The summed E-state index contributed by atoms with van der Waals surface area (Å²) in [6.07, 6.45) is -0.662. The summed E-state index contributed by atoms with van der Waals surface area (Å²) in [7, 11) is -5.08. The molecule has 0 aromatic heterocycles. The largest absolute Gasteiger partial charge is 0.416 e. The summed E-state index contributed by atoms with van der Waals surface area (Å²) in [4.78, 5) is 0. The Morgan fingerprint density at radius 1 is 1.21 bits per heavy atom. The van der Waals surface area contributed by atoms with Crippen LogP contribution in [-0.4, -0.2) is 22.7 Å². The van der Waals surface area contributed by atoms with E-state index in [0.717, 1.165) is 24.4 Å². The Kier molecular flexibility index (Phi) is 6.83. The van der Waals surface area contributed by atoms with Crippen LogP contribution in [0, 0.1) is 0 Å². The van der Waals surface area contributed by atoms with Crippen molar-refractivity contribution in [3.8, 4) is 0 Å². The van der Waals surface area contributed by atoms with Gasteiger partial charge in [-0.3, -0.25) is 4.18 Å². The molecule has 0 spiro atoms. The highest BCUT2D eigenvalue weighted by atomic mass is 32.2. The standard InChI is InChI=1S/C16H23F3O3SSi/c1-23(20,21)22-15(10-5-6-11-24(2,3)4)13-8-7-9-14(12-13)16(17,18)19/h5-9,12,15H,10-11H2,1-4H3/b6-5+. The van der Waals surface area contributed by atoms with Gasteiger partial charge in [-0.15, -0.1) is 0 Å². The Balaban J connectivity index is 3.02. The maximum atomic E-state index is 12.8. The maximum absolute atomic E-state index is 12.8. The van der Waals surface area contributed by atoms with E-state index in [-0.39, 0.29) is 12.0 Å². The molecule has 136 valence electrons. The first kappa shape index (κ1) is 20.9. The fourth-order valence-electron chi connectivity index (χ4n) is 2.01. The van der Waals surface area contributed by atoms with Crippen molar-refractivity contribution >= 4 is 18.2 Å². The average Bonchev–Trinajstić information content (AvgIpc) is 2.39. The van der Waals surface area contributed by atoms with Gasteiger partial charge in [0.15, 0.2) is 0 Å². The Morgan fingerprint density at radius 2 is 1.83 bits per heavy atom. The van der Waals surface area contributed by atoms with Crippen molar-refractivity contribution in [2.75, 3.05) is 6.26 Å². The first-order chi connectivity index (χ1) is 10.8. The maximum Gasteiger partial charge on any atom is 0.416 e. The zero-order chi connectivity index (χ0) is 18.6. The second-order valence-corrected chi connectivity index (χ2v) is 14.0. The molecule has 1 rings (SSSR count). The quantitative estimate of drug-likeness (QED) is 0.379. The van der Waals surface area contributed by atoms with Crippen molar-refractivity contribution in [3.63, 3.8) is 0 Å². The number of halogens is 3. The summed E-state index contributed by atoms with van der Waals surface area (Å²) in [6, 6.07) is 5.48. The van der Waals surface area contributed by atoms with Crippen LogP contribution >= 0.6 is 0 Å². The Hall–Kier alpha value is -1.12. The van der Waals surface area contributed by atoms with Gasteiger partial charge in [0, 0.05) is 8.07 Å². The third-order valence-corrected chi connectivity index (χ3v) is 5.17. The fourth-order valence-corrected chi connectivity index (χ4v) is 3.50. The van der Waals surface area contributed by atoms with Gasteiger partial charge in [-0.2, -0.15) is 21.6 Å². The van der Waals surface area contributed by atoms with Crippen LogP contribution in [0.2, 0.25) is 25.7 Å². The molecule has 0 amide bonds. The van der Waals surface area contributed by atoms with Crippen LogP contribution in [0.5, 0.6) is 0 Å². The van der Waals surface area contributed by atoms with Crippen LogP contribution in [0.4, 0.5) is 13.2 Å². The van der Waals surface area contributed by atoms with E-state index in [9.17, 15) is 21.6 Å². The predicted molar refractivity (Wildman–Crippen MR) is 92.0 cm³/mol. The lowest BCUT2D eigenvalue weighted by atomic mass is 10.0. The molecule has 1 atom stereocenters. The minimum absolute atomic E-state index is 0.188. The van der Waals surface area contributed by atoms with Gasteiger partial charge in [0.25, 0.3) is 10.1 Å². The molecule has 0 saturated heterocycles. The molecule has 0 aliphatic carbocycles. The van der Waals surface area contributed by atoms with Crippen LogP contribution in [0.25, 0.3) is 0 Å². The highest BCUT2D eigenvalue weighted by Gasteiger charge is 2.31. The van der Waals surface area contributed by atoms with Crippen molar-refractivity contribution < 1.29 is 25.8 Å². The summed E-state index contributed by atoms with van der Waals surface area (Å²) in [6.45, 7) is 6.57. The number of benzene rings is 1. The minimum Gasteiger partial charge on any atom is -0.262 e. The SMILES string of the molecule is C[Si](C)(C)C/C=C/CC(OS(C)(=O)=O)c1cccc(C(F)(F)F)c1. The Labute approximate surface area is 142 Å². The van der Waals surface area contributed by atoms with Gasteiger partial charge in [-0.25, -0.2) is 0 Å². The van der Waals surface area contributed by atoms with Gasteiger partial charge in [-0.05, 0) is 30.2 Å². The summed E-state index contributed by atoms with van der Waals surface area (Å²) in [5.41, 5.74) is -0.638. The van der Waals surface area contributed by atoms with Crippen LogP contribution in [0.15, 0.2) is 36.4 Å². The van der Waals surface area contributed by atoms with Crippen LogP contribution < -0.4 is 0 Å². The molecule has 0 bridgehead atoms. The zero-order valence-electron chi connectivity index (χ0n) is 14.2. The lowest BCUT2D eigenvalue weighted by Gasteiger charge is -2.17.